The third-order valence-corrected chi connectivity index (χ3v) is 7.93. The van der Waals surface area contributed by atoms with Gasteiger partial charge in [0, 0.05) is 35.7 Å². The highest BCUT2D eigenvalue weighted by atomic mass is 19.4. The zero-order valence-electron chi connectivity index (χ0n) is 26.5. The lowest BCUT2D eigenvalue weighted by Crippen LogP contribution is -2.55. The van der Waals surface area contributed by atoms with E-state index in [-0.39, 0.29) is 18.7 Å². The number of halogens is 4. The van der Waals surface area contributed by atoms with E-state index in [1.165, 1.54) is 35.2 Å². The number of rotatable bonds is 10. The molecule has 5 rings (SSSR count). The van der Waals surface area contributed by atoms with Crippen LogP contribution in [0.15, 0.2) is 91.0 Å². The van der Waals surface area contributed by atoms with E-state index >= 15 is 0 Å². The quantitative estimate of drug-likeness (QED) is 0.183. The van der Waals surface area contributed by atoms with Gasteiger partial charge in [0.15, 0.2) is 0 Å². The number of para-hydroxylation sites is 1. The number of likely N-dealkylation sites (N-methyl/N-ethyl adjacent to an activating group) is 2. The number of nitrogens with zero attached hydrogens (tertiary/aromatic N) is 4. The number of carbonyl (C=O) groups is 3. The van der Waals surface area contributed by atoms with E-state index in [9.17, 15) is 31.9 Å². The molecule has 3 aromatic carbocycles. The van der Waals surface area contributed by atoms with Gasteiger partial charge in [0.05, 0.1) is 23.5 Å². The summed E-state index contributed by atoms with van der Waals surface area (Å²) >= 11 is 0. The lowest BCUT2D eigenvalue weighted by Gasteiger charge is -2.38. The minimum atomic E-state index is -4.69. The van der Waals surface area contributed by atoms with Crippen LogP contribution < -0.4 is 15.5 Å². The lowest BCUT2D eigenvalue weighted by atomic mass is 9.80. The average Bonchev–Trinajstić information content (AvgIpc) is 3.43. The molecule has 0 unspecified atom stereocenters. The van der Waals surface area contributed by atoms with Crippen LogP contribution in [0, 0.1) is 5.82 Å². The molecule has 1 aliphatic rings. The van der Waals surface area contributed by atoms with Crippen molar-refractivity contribution in [3.8, 4) is 5.69 Å². The predicted octanol–water partition coefficient (Wildman–Crippen LogP) is 5.06. The Morgan fingerprint density at radius 3 is 2.31 bits per heavy atom. The standard InChI is InChI=1S/C35H34F4N6O3/c1-5-44-33-29(27(19-40-31(46)21(2)20-43(3)4)42-45(33)26-12-7-6-8-13-26)28(22-14-16-25(36)17-15-22)30(34(44)48)41-32(47)23-10-9-11-24(18-23)35(37,38)39/h6-18,28,30H,2,5,19-20H2,1,3-4H3,(H,40,46)(H,41,47)/t28-,30-/m0/s1. The van der Waals surface area contributed by atoms with E-state index in [2.05, 4.69) is 17.2 Å². The molecule has 250 valence electrons. The number of amides is 3. The van der Waals surface area contributed by atoms with Gasteiger partial charge in [-0.05, 0) is 69.0 Å². The number of alkyl halides is 3. The molecule has 3 amide bonds. The summed E-state index contributed by atoms with van der Waals surface area (Å²) in [7, 11) is 3.60. The molecule has 0 spiro atoms. The Balaban J connectivity index is 1.67. The third kappa shape index (κ3) is 7.00. The van der Waals surface area contributed by atoms with Gasteiger partial charge in [0.2, 0.25) is 5.91 Å². The van der Waals surface area contributed by atoms with Crippen LogP contribution in [-0.2, 0) is 22.3 Å². The molecule has 2 heterocycles. The van der Waals surface area contributed by atoms with Gasteiger partial charge in [-0.3, -0.25) is 19.3 Å². The molecular formula is C35H34F4N6O3. The molecule has 48 heavy (non-hydrogen) atoms. The van der Waals surface area contributed by atoms with Gasteiger partial charge in [0.1, 0.15) is 17.7 Å². The Morgan fingerprint density at radius 2 is 1.69 bits per heavy atom. The van der Waals surface area contributed by atoms with Crippen LogP contribution in [0.2, 0.25) is 0 Å². The van der Waals surface area contributed by atoms with Gasteiger partial charge >= 0.3 is 6.18 Å². The van der Waals surface area contributed by atoms with Crippen molar-refractivity contribution in [1.82, 2.24) is 25.3 Å². The van der Waals surface area contributed by atoms with Gasteiger partial charge in [-0.1, -0.05) is 43.0 Å². The maximum atomic E-state index is 14.3. The molecule has 1 aliphatic heterocycles. The number of benzene rings is 3. The van der Waals surface area contributed by atoms with E-state index in [1.807, 2.05) is 6.07 Å². The molecule has 13 heteroatoms. The Morgan fingerprint density at radius 1 is 1.00 bits per heavy atom. The monoisotopic (exact) mass is 662 g/mol. The minimum Gasteiger partial charge on any atom is -0.347 e. The molecule has 0 saturated heterocycles. The fraction of sp³-hybridized carbons (Fsp3) is 0.257. The largest absolute Gasteiger partial charge is 0.416 e. The van der Waals surface area contributed by atoms with Crippen LogP contribution in [0.1, 0.15) is 45.6 Å². The predicted molar refractivity (Wildman–Crippen MR) is 172 cm³/mol. The second-order valence-electron chi connectivity index (χ2n) is 11.6. The highest BCUT2D eigenvalue weighted by Gasteiger charge is 2.46. The van der Waals surface area contributed by atoms with Crippen molar-refractivity contribution < 1.29 is 31.9 Å². The van der Waals surface area contributed by atoms with E-state index in [4.69, 9.17) is 5.10 Å². The van der Waals surface area contributed by atoms with E-state index in [1.54, 1.807) is 54.9 Å². The Hall–Kier alpha value is -5.30. The third-order valence-electron chi connectivity index (χ3n) is 7.93. The van der Waals surface area contributed by atoms with Crippen LogP contribution in [0.3, 0.4) is 0 Å². The fourth-order valence-electron chi connectivity index (χ4n) is 5.79. The first-order valence-corrected chi connectivity index (χ1v) is 15.1. The molecule has 0 aliphatic carbocycles. The normalized spacial score (nSPS) is 16.1. The average molecular weight is 663 g/mol. The Kier molecular flexibility index (Phi) is 9.80. The van der Waals surface area contributed by atoms with Crippen molar-refractivity contribution in [3.05, 3.63) is 125 Å². The number of hydrogen-bond acceptors (Lipinski definition) is 5. The topological polar surface area (TPSA) is 99.6 Å². The van der Waals surface area contributed by atoms with E-state index in [0.29, 0.717) is 46.5 Å². The number of nitrogens with one attached hydrogen (secondary N) is 2. The second-order valence-corrected chi connectivity index (χ2v) is 11.6. The first-order valence-electron chi connectivity index (χ1n) is 15.1. The van der Waals surface area contributed by atoms with Gasteiger partial charge in [-0.2, -0.15) is 18.3 Å². The molecule has 1 aromatic heterocycles. The van der Waals surface area contributed by atoms with Crippen molar-refractivity contribution in [2.75, 3.05) is 32.1 Å². The minimum absolute atomic E-state index is 0.0921. The fourth-order valence-corrected chi connectivity index (χ4v) is 5.79. The molecule has 4 aromatic rings. The molecule has 0 fully saturated rings. The zero-order chi connectivity index (χ0) is 34.7. The van der Waals surface area contributed by atoms with Gasteiger partial charge in [-0.15, -0.1) is 0 Å². The van der Waals surface area contributed by atoms with Gasteiger partial charge in [0.25, 0.3) is 11.8 Å². The number of aromatic nitrogens is 2. The van der Waals surface area contributed by atoms with Crippen molar-refractivity contribution in [2.45, 2.75) is 31.6 Å². The molecule has 9 nitrogen and oxygen atoms in total. The summed E-state index contributed by atoms with van der Waals surface area (Å²) in [6.07, 6.45) is -4.69. The lowest BCUT2D eigenvalue weighted by molar-refractivity contribution is -0.137. The molecule has 2 atom stereocenters. The highest BCUT2D eigenvalue weighted by molar-refractivity contribution is 6.05. The summed E-state index contributed by atoms with van der Waals surface area (Å²) < 4.78 is 56.2. The number of hydrogen-bond donors (Lipinski definition) is 2. The molecule has 0 bridgehead atoms. The van der Waals surface area contributed by atoms with E-state index < -0.39 is 47.2 Å². The first-order chi connectivity index (χ1) is 22.8. The summed E-state index contributed by atoms with van der Waals surface area (Å²) in [5.41, 5.74) is 0.875. The maximum Gasteiger partial charge on any atom is 0.416 e. The summed E-state index contributed by atoms with van der Waals surface area (Å²) in [4.78, 5) is 44.1. The van der Waals surface area contributed by atoms with Crippen LogP contribution in [0.5, 0.6) is 0 Å². The Labute approximate surface area is 274 Å². The van der Waals surface area contributed by atoms with Crippen LogP contribution in [-0.4, -0.2) is 65.6 Å². The highest BCUT2D eigenvalue weighted by Crippen LogP contribution is 2.44. The van der Waals surface area contributed by atoms with Crippen molar-refractivity contribution >= 4 is 23.5 Å². The number of anilines is 1. The summed E-state index contributed by atoms with van der Waals surface area (Å²) in [6.45, 7) is 5.96. The maximum absolute atomic E-state index is 14.3. The van der Waals surface area contributed by atoms with Crippen molar-refractivity contribution in [2.24, 2.45) is 0 Å². The SMILES string of the molecule is C=C(CN(C)C)C(=O)NCc1nn(-c2ccccc2)c2c1[C@H](c1ccc(F)cc1)[C@H](NC(=O)c1cccc(C(F)(F)F)c1)C(=O)N2CC. The first kappa shape index (κ1) is 34.0. The molecular weight excluding hydrogens is 628 g/mol. The molecule has 0 radical (unpaired) electrons. The van der Waals surface area contributed by atoms with Crippen molar-refractivity contribution in [3.63, 3.8) is 0 Å². The second kappa shape index (κ2) is 13.8. The summed E-state index contributed by atoms with van der Waals surface area (Å²) in [5, 5.41) is 10.4. The smallest absolute Gasteiger partial charge is 0.347 e. The number of carbonyl (C=O) groups excluding carboxylic acids is 3. The van der Waals surface area contributed by atoms with E-state index in [0.717, 1.165) is 12.1 Å². The van der Waals surface area contributed by atoms with Crippen LogP contribution in [0.25, 0.3) is 5.69 Å². The van der Waals surface area contributed by atoms with Gasteiger partial charge in [-0.25, -0.2) is 9.07 Å². The van der Waals surface area contributed by atoms with Gasteiger partial charge < -0.3 is 15.5 Å². The Bertz CT molecular complexity index is 1840. The van der Waals surface area contributed by atoms with Crippen LogP contribution in [0.4, 0.5) is 23.4 Å². The molecule has 0 saturated carbocycles. The van der Waals surface area contributed by atoms with Crippen LogP contribution >= 0.6 is 0 Å². The summed E-state index contributed by atoms with van der Waals surface area (Å²) in [6, 6.07) is 16.9. The zero-order valence-corrected chi connectivity index (χ0v) is 26.5. The molecule has 2 N–H and O–H groups in total. The number of fused-ring (bicyclic) bond motifs is 1. The van der Waals surface area contributed by atoms with Crippen molar-refractivity contribution in [1.29, 1.82) is 0 Å². The summed E-state index contributed by atoms with van der Waals surface area (Å²) in [5.74, 6) is -3.00.